The Kier molecular flexibility index (Phi) is 4.98. The van der Waals surface area contributed by atoms with E-state index in [1.54, 1.807) is 6.07 Å². The van der Waals surface area contributed by atoms with Gasteiger partial charge >= 0.3 is 0 Å². The van der Waals surface area contributed by atoms with E-state index in [0.717, 1.165) is 29.0 Å². The molecule has 0 saturated heterocycles. The smallest absolute Gasteiger partial charge is 0.251 e. The van der Waals surface area contributed by atoms with Gasteiger partial charge in [0.2, 0.25) is 0 Å². The molecule has 1 unspecified atom stereocenters. The highest BCUT2D eigenvalue weighted by Gasteiger charge is 2.09. The number of nitrogens with two attached hydrogens (primary N) is 1. The van der Waals surface area contributed by atoms with Gasteiger partial charge in [-0.05, 0) is 25.0 Å². The van der Waals surface area contributed by atoms with E-state index in [-0.39, 0.29) is 11.6 Å². The normalized spacial score (nSPS) is 12.3. The average Bonchev–Trinajstić information content (AvgIpc) is 2.38. The van der Waals surface area contributed by atoms with Gasteiger partial charge in [-0.3, -0.25) is 4.79 Å². The molecular formula is C15H19N3OS. The third-order valence-corrected chi connectivity index (χ3v) is 3.87. The fourth-order valence-corrected chi connectivity index (χ4v) is 3.01. The van der Waals surface area contributed by atoms with Crippen LogP contribution in [0.4, 0.5) is 0 Å². The van der Waals surface area contributed by atoms with Crippen molar-refractivity contribution in [3.05, 3.63) is 51.9 Å². The summed E-state index contributed by atoms with van der Waals surface area (Å²) < 4.78 is 0. The van der Waals surface area contributed by atoms with E-state index >= 15 is 0 Å². The van der Waals surface area contributed by atoms with Crippen LogP contribution in [-0.4, -0.2) is 9.97 Å². The van der Waals surface area contributed by atoms with Crippen molar-refractivity contribution in [1.29, 1.82) is 0 Å². The van der Waals surface area contributed by atoms with E-state index in [0.29, 0.717) is 5.16 Å². The zero-order valence-corrected chi connectivity index (χ0v) is 12.5. The SMILES string of the molecule is CCCc1cc(=O)[nH]c(Sc2ccccc2C(C)N)n1. The molecule has 1 atom stereocenters. The van der Waals surface area contributed by atoms with Crippen LogP contribution < -0.4 is 11.3 Å². The lowest BCUT2D eigenvalue weighted by atomic mass is 10.1. The largest absolute Gasteiger partial charge is 0.324 e. The summed E-state index contributed by atoms with van der Waals surface area (Å²) in [5, 5.41) is 0.619. The van der Waals surface area contributed by atoms with Gasteiger partial charge in [-0.1, -0.05) is 43.3 Å². The summed E-state index contributed by atoms with van der Waals surface area (Å²) in [6.45, 7) is 4.02. The fourth-order valence-electron chi connectivity index (χ4n) is 1.97. The Morgan fingerprint density at radius 3 is 2.85 bits per heavy atom. The predicted octanol–water partition coefficient (Wildman–Crippen LogP) is 2.89. The monoisotopic (exact) mass is 289 g/mol. The molecule has 0 amide bonds. The summed E-state index contributed by atoms with van der Waals surface area (Å²) >= 11 is 1.45. The first-order valence-corrected chi connectivity index (χ1v) is 7.54. The van der Waals surface area contributed by atoms with Crippen molar-refractivity contribution in [3.8, 4) is 0 Å². The summed E-state index contributed by atoms with van der Waals surface area (Å²) in [6.07, 6.45) is 1.78. The molecular weight excluding hydrogens is 270 g/mol. The molecule has 0 aliphatic carbocycles. The lowest BCUT2D eigenvalue weighted by molar-refractivity contribution is 0.793. The molecule has 0 aliphatic rings. The lowest BCUT2D eigenvalue weighted by Gasteiger charge is -2.11. The first-order valence-electron chi connectivity index (χ1n) is 6.72. The number of nitrogens with one attached hydrogen (secondary N) is 1. The Morgan fingerprint density at radius 2 is 2.15 bits per heavy atom. The standard InChI is InChI=1S/C15H19N3OS/c1-3-6-11-9-14(19)18-15(17-11)20-13-8-5-4-7-12(13)10(2)16/h4-5,7-10H,3,6,16H2,1-2H3,(H,17,18,19). The van der Waals surface area contributed by atoms with Crippen LogP contribution in [0.1, 0.15) is 37.6 Å². The van der Waals surface area contributed by atoms with E-state index in [1.165, 1.54) is 11.8 Å². The van der Waals surface area contributed by atoms with Crippen molar-refractivity contribution in [2.75, 3.05) is 0 Å². The number of hydrogen-bond donors (Lipinski definition) is 2. The Balaban J connectivity index is 2.32. The highest BCUT2D eigenvalue weighted by atomic mass is 32.2. The van der Waals surface area contributed by atoms with Crippen LogP contribution in [0, 0.1) is 0 Å². The van der Waals surface area contributed by atoms with E-state index in [9.17, 15) is 4.79 Å². The second-order valence-electron chi connectivity index (χ2n) is 4.72. The van der Waals surface area contributed by atoms with Gasteiger partial charge in [-0.25, -0.2) is 4.98 Å². The number of H-pyrrole nitrogens is 1. The first kappa shape index (κ1) is 14.8. The zero-order chi connectivity index (χ0) is 14.5. The van der Waals surface area contributed by atoms with Crippen LogP contribution in [0.3, 0.4) is 0 Å². The van der Waals surface area contributed by atoms with Crippen molar-refractivity contribution < 1.29 is 0 Å². The van der Waals surface area contributed by atoms with Gasteiger partial charge in [0.1, 0.15) is 0 Å². The maximum Gasteiger partial charge on any atom is 0.251 e. The summed E-state index contributed by atoms with van der Waals surface area (Å²) in [5.74, 6) is 0. The van der Waals surface area contributed by atoms with Crippen molar-refractivity contribution in [1.82, 2.24) is 9.97 Å². The number of hydrogen-bond acceptors (Lipinski definition) is 4. The molecule has 0 spiro atoms. The van der Waals surface area contributed by atoms with E-state index < -0.39 is 0 Å². The van der Waals surface area contributed by atoms with E-state index in [4.69, 9.17) is 5.73 Å². The zero-order valence-electron chi connectivity index (χ0n) is 11.7. The Bertz CT molecular complexity index is 637. The molecule has 0 bridgehead atoms. The molecule has 0 fully saturated rings. The molecule has 2 aromatic rings. The number of aromatic nitrogens is 2. The molecule has 0 radical (unpaired) electrons. The summed E-state index contributed by atoms with van der Waals surface area (Å²) in [6, 6.07) is 9.43. The Labute approximate surface area is 122 Å². The van der Waals surface area contributed by atoms with Gasteiger partial charge in [0.05, 0.1) is 0 Å². The van der Waals surface area contributed by atoms with Gasteiger partial charge in [0, 0.05) is 22.7 Å². The minimum atomic E-state index is -0.107. The molecule has 1 aromatic carbocycles. The van der Waals surface area contributed by atoms with Crippen molar-refractivity contribution in [2.24, 2.45) is 5.73 Å². The van der Waals surface area contributed by atoms with Crippen LogP contribution in [0.25, 0.3) is 0 Å². The van der Waals surface area contributed by atoms with Gasteiger partial charge in [-0.15, -0.1) is 0 Å². The van der Waals surface area contributed by atoms with Crippen LogP contribution in [0.2, 0.25) is 0 Å². The summed E-state index contributed by atoms with van der Waals surface area (Å²) in [5.41, 5.74) is 7.75. The molecule has 106 valence electrons. The Hall–Kier alpha value is -1.59. The molecule has 2 rings (SSSR count). The molecule has 1 heterocycles. The molecule has 0 saturated carbocycles. The highest BCUT2D eigenvalue weighted by Crippen LogP contribution is 2.30. The maximum absolute atomic E-state index is 11.7. The van der Waals surface area contributed by atoms with Crippen molar-refractivity contribution in [2.45, 2.75) is 42.8 Å². The molecule has 0 aliphatic heterocycles. The third kappa shape index (κ3) is 3.71. The number of rotatable bonds is 5. The first-order chi connectivity index (χ1) is 9.60. The number of benzene rings is 1. The van der Waals surface area contributed by atoms with Gasteiger partial charge in [0.25, 0.3) is 5.56 Å². The van der Waals surface area contributed by atoms with Gasteiger partial charge in [-0.2, -0.15) is 0 Å². The molecule has 3 N–H and O–H groups in total. The number of aromatic amines is 1. The van der Waals surface area contributed by atoms with Crippen LogP contribution >= 0.6 is 11.8 Å². The van der Waals surface area contributed by atoms with Gasteiger partial charge in [0.15, 0.2) is 5.16 Å². The highest BCUT2D eigenvalue weighted by molar-refractivity contribution is 7.99. The summed E-state index contributed by atoms with van der Waals surface area (Å²) in [7, 11) is 0. The van der Waals surface area contributed by atoms with Crippen molar-refractivity contribution in [3.63, 3.8) is 0 Å². The fraction of sp³-hybridized carbons (Fsp3) is 0.333. The minimum Gasteiger partial charge on any atom is -0.324 e. The number of aryl methyl sites for hydroxylation is 1. The minimum absolute atomic E-state index is 0.0516. The van der Waals surface area contributed by atoms with Crippen LogP contribution in [0.15, 0.2) is 45.2 Å². The van der Waals surface area contributed by atoms with E-state index in [2.05, 4.69) is 16.9 Å². The lowest BCUT2D eigenvalue weighted by Crippen LogP contribution is -2.10. The topological polar surface area (TPSA) is 71.8 Å². The van der Waals surface area contributed by atoms with Crippen LogP contribution in [-0.2, 0) is 6.42 Å². The van der Waals surface area contributed by atoms with E-state index in [1.807, 2.05) is 31.2 Å². The predicted molar refractivity (Wildman–Crippen MR) is 82.0 cm³/mol. The second-order valence-corrected chi connectivity index (χ2v) is 5.75. The quantitative estimate of drug-likeness (QED) is 0.830. The average molecular weight is 289 g/mol. The number of nitrogens with zero attached hydrogens (tertiary/aromatic N) is 1. The second kappa shape index (κ2) is 6.72. The van der Waals surface area contributed by atoms with Gasteiger partial charge < -0.3 is 10.7 Å². The molecule has 5 heteroatoms. The van der Waals surface area contributed by atoms with Crippen molar-refractivity contribution >= 4 is 11.8 Å². The Morgan fingerprint density at radius 1 is 1.40 bits per heavy atom. The summed E-state index contributed by atoms with van der Waals surface area (Å²) in [4.78, 5) is 20.0. The molecule has 4 nitrogen and oxygen atoms in total. The molecule has 1 aromatic heterocycles. The maximum atomic E-state index is 11.7. The third-order valence-electron chi connectivity index (χ3n) is 2.90. The molecule has 20 heavy (non-hydrogen) atoms. The van der Waals surface area contributed by atoms with Crippen LogP contribution in [0.5, 0.6) is 0 Å².